The SMILES string of the molecule is CC1CCC2(CC1)CC2I. The van der Waals surface area contributed by atoms with Crippen LogP contribution in [0.4, 0.5) is 0 Å². The fraction of sp³-hybridized carbons (Fsp3) is 1.00. The highest BCUT2D eigenvalue weighted by molar-refractivity contribution is 14.1. The monoisotopic (exact) mass is 250 g/mol. The number of halogens is 1. The van der Waals surface area contributed by atoms with Gasteiger partial charge < -0.3 is 0 Å². The molecule has 1 unspecified atom stereocenters. The van der Waals surface area contributed by atoms with Crippen LogP contribution in [-0.4, -0.2) is 3.92 Å². The van der Waals surface area contributed by atoms with Gasteiger partial charge in [0.15, 0.2) is 0 Å². The number of hydrogen-bond acceptors (Lipinski definition) is 0. The molecule has 0 saturated heterocycles. The number of alkyl halides is 1. The van der Waals surface area contributed by atoms with Crippen LogP contribution in [0, 0.1) is 11.3 Å². The Balaban J connectivity index is 1.93. The maximum Gasteiger partial charge on any atom is 0.0172 e. The van der Waals surface area contributed by atoms with Crippen LogP contribution in [0.1, 0.15) is 39.0 Å². The molecule has 0 aliphatic heterocycles. The molecule has 2 aliphatic rings. The number of hydrogen-bond donors (Lipinski definition) is 0. The first-order valence-corrected chi connectivity index (χ1v) is 5.62. The third kappa shape index (κ3) is 1.10. The van der Waals surface area contributed by atoms with E-state index in [4.69, 9.17) is 0 Å². The van der Waals surface area contributed by atoms with Crippen molar-refractivity contribution in [3.63, 3.8) is 0 Å². The molecule has 0 amide bonds. The molecule has 2 saturated carbocycles. The summed E-state index contributed by atoms with van der Waals surface area (Å²) in [5.41, 5.74) is 0.854. The van der Waals surface area contributed by atoms with Crippen LogP contribution in [0.15, 0.2) is 0 Å². The summed E-state index contributed by atoms with van der Waals surface area (Å²) in [5, 5.41) is 0. The van der Waals surface area contributed by atoms with E-state index in [-0.39, 0.29) is 0 Å². The normalized spacial score (nSPS) is 53.4. The van der Waals surface area contributed by atoms with Gasteiger partial charge in [-0.3, -0.25) is 0 Å². The highest BCUT2D eigenvalue weighted by Crippen LogP contribution is 2.61. The summed E-state index contributed by atoms with van der Waals surface area (Å²) >= 11 is 2.63. The predicted octanol–water partition coefficient (Wildman–Crippen LogP) is 3.39. The minimum Gasteiger partial charge on any atom is -0.0820 e. The topological polar surface area (TPSA) is 0 Å². The lowest BCUT2D eigenvalue weighted by molar-refractivity contribution is 0.275. The van der Waals surface area contributed by atoms with Crippen LogP contribution in [0.25, 0.3) is 0 Å². The molecular formula is C9H15I. The van der Waals surface area contributed by atoms with E-state index in [2.05, 4.69) is 29.5 Å². The van der Waals surface area contributed by atoms with Crippen molar-refractivity contribution < 1.29 is 0 Å². The van der Waals surface area contributed by atoms with E-state index in [1.54, 1.807) is 0 Å². The van der Waals surface area contributed by atoms with Crippen LogP contribution in [0.3, 0.4) is 0 Å². The summed E-state index contributed by atoms with van der Waals surface area (Å²) in [5.74, 6) is 1.02. The Kier molecular flexibility index (Phi) is 1.74. The molecule has 0 heterocycles. The van der Waals surface area contributed by atoms with Gasteiger partial charge in [-0.2, -0.15) is 0 Å². The van der Waals surface area contributed by atoms with E-state index < -0.39 is 0 Å². The zero-order valence-electron chi connectivity index (χ0n) is 6.57. The van der Waals surface area contributed by atoms with Gasteiger partial charge >= 0.3 is 0 Å². The molecule has 58 valence electrons. The molecular weight excluding hydrogens is 235 g/mol. The quantitative estimate of drug-likeness (QED) is 0.456. The third-order valence-electron chi connectivity index (χ3n) is 3.36. The second-order valence-electron chi connectivity index (χ2n) is 4.22. The largest absolute Gasteiger partial charge is 0.0820 e. The fourth-order valence-corrected chi connectivity index (χ4v) is 3.65. The van der Waals surface area contributed by atoms with E-state index in [0.29, 0.717) is 0 Å². The smallest absolute Gasteiger partial charge is 0.0172 e. The molecule has 1 heteroatoms. The first kappa shape index (κ1) is 7.38. The van der Waals surface area contributed by atoms with E-state index in [1.165, 1.54) is 32.1 Å². The van der Waals surface area contributed by atoms with Gasteiger partial charge in [0, 0.05) is 3.92 Å². The van der Waals surface area contributed by atoms with Gasteiger partial charge in [0.05, 0.1) is 0 Å². The summed E-state index contributed by atoms with van der Waals surface area (Å²) in [6.07, 6.45) is 7.59. The molecule has 1 spiro atoms. The zero-order chi connectivity index (χ0) is 7.19. The van der Waals surface area contributed by atoms with Crippen molar-refractivity contribution in [2.75, 3.05) is 0 Å². The van der Waals surface area contributed by atoms with Crippen molar-refractivity contribution in [2.24, 2.45) is 11.3 Å². The molecule has 0 aromatic rings. The average molecular weight is 250 g/mol. The standard InChI is InChI=1S/C9H15I/c1-7-2-4-9(5-3-7)6-8(9)10/h7-8H,2-6H2,1H3. The number of rotatable bonds is 0. The molecule has 10 heavy (non-hydrogen) atoms. The predicted molar refractivity (Wildman–Crippen MR) is 52.5 cm³/mol. The van der Waals surface area contributed by atoms with Gasteiger partial charge in [-0.15, -0.1) is 0 Å². The Morgan fingerprint density at radius 1 is 1.30 bits per heavy atom. The van der Waals surface area contributed by atoms with E-state index in [0.717, 1.165) is 15.3 Å². The molecule has 0 aromatic carbocycles. The van der Waals surface area contributed by atoms with Crippen LogP contribution >= 0.6 is 22.6 Å². The molecule has 0 bridgehead atoms. The van der Waals surface area contributed by atoms with Crippen molar-refractivity contribution in [2.45, 2.75) is 43.0 Å². The van der Waals surface area contributed by atoms with Crippen LogP contribution in [-0.2, 0) is 0 Å². The van der Waals surface area contributed by atoms with Gasteiger partial charge in [-0.25, -0.2) is 0 Å². The van der Waals surface area contributed by atoms with Crippen molar-refractivity contribution >= 4 is 22.6 Å². The summed E-state index contributed by atoms with van der Waals surface area (Å²) < 4.78 is 1.04. The molecule has 2 rings (SSSR count). The molecule has 2 fully saturated rings. The molecule has 2 aliphatic carbocycles. The summed E-state index contributed by atoms with van der Waals surface area (Å²) in [7, 11) is 0. The lowest BCUT2D eigenvalue weighted by atomic mass is 9.81. The van der Waals surface area contributed by atoms with Crippen molar-refractivity contribution in [1.82, 2.24) is 0 Å². The Morgan fingerprint density at radius 3 is 2.20 bits per heavy atom. The first-order chi connectivity index (χ1) is 4.73. The second kappa shape index (κ2) is 2.36. The van der Waals surface area contributed by atoms with Crippen LogP contribution in [0.5, 0.6) is 0 Å². The first-order valence-electron chi connectivity index (χ1n) is 4.37. The minimum absolute atomic E-state index is 0.854. The molecule has 0 radical (unpaired) electrons. The van der Waals surface area contributed by atoms with Crippen LogP contribution < -0.4 is 0 Å². The summed E-state index contributed by atoms with van der Waals surface area (Å²) in [4.78, 5) is 0. The van der Waals surface area contributed by atoms with Gasteiger partial charge in [0.2, 0.25) is 0 Å². The highest BCUT2D eigenvalue weighted by atomic mass is 127. The minimum atomic E-state index is 0.854. The fourth-order valence-electron chi connectivity index (χ4n) is 2.15. The Bertz CT molecular complexity index is 134. The van der Waals surface area contributed by atoms with E-state index in [1.807, 2.05) is 0 Å². The molecule has 0 aromatic heterocycles. The summed E-state index contributed by atoms with van der Waals surface area (Å²) in [6, 6.07) is 0. The van der Waals surface area contributed by atoms with Gasteiger partial charge in [0.25, 0.3) is 0 Å². The maximum absolute atomic E-state index is 2.63. The Hall–Kier alpha value is 0.730. The van der Waals surface area contributed by atoms with Gasteiger partial charge in [-0.1, -0.05) is 42.4 Å². The average Bonchev–Trinajstić information content (AvgIpc) is 2.53. The van der Waals surface area contributed by atoms with Gasteiger partial charge in [-0.05, 0) is 30.6 Å². The maximum atomic E-state index is 2.63. The van der Waals surface area contributed by atoms with Crippen molar-refractivity contribution in [1.29, 1.82) is 0 Å². The van der Waals surface area contributed by atoms with E-state index in [9.17, 15) is 0 Å². The Morgan fingerprint density at radius 2 is 1.80 bits per heavy atom. The third-order valence-corrected chi connectivity index (χ3v) is 5.12. The Labute approximate surface area is 76.9 Å². The van der Waals surface area contributed by atoms with Crippen molar-refractivity contribution in [3.05, 3.63) is 0 Å². The van der Waals surface area contributed by atoms with Crippen molar-refractivity contribution in [3.8, 4) is 0 Å². The summed E-state index contributed by atoms with van der Waals surface area (Å²) in [6.45, 7) is 2.40. The lowest BCUT2D eigenvalue weighted by Gasteiger charge is -2.26. The molecule has 1 atom stereocenters. The highest BCUT2D eigenvalue weighted by Gasteiger charge is 2.52. The lowest BCUT2D eigenvalue weighted by Crippen LogP contribution is -2.14. The van der Waals surface area contributed by atoms with E-state index >= 15 is 0 Å². The second-order valence-corrected chi connectivity index (χ2v) is 5.72. The molecule has 0 N–H and O–H groups in total. The van der Waals surface area contributed by atoms with Gasteiger partial charge in [0.1, 0.15) is 0 Å². The molecule has 0 nitrogen and oxygen atoms in total. The zero-order valence-corrected chi connectivity index (χ0v) is 8.73. The van der Waals surface area contributed by atoms with Crippen LogP contribution in [0.2, 0.25) is 0 Å².